The summed E-state index contributed by atoms with van der Waals surface area (Å²) in [5.41, 5.74) is 0.685. The van der Waals surface area contributed by atoms with Gasteiger partial charge >= 0.3 is 18.2 Å². The van der Waals surface area contributed by atoms with E-state index in [2.05, 4.69) is 5.32 Å². The molecule has 1 aliphatic heterocycles. The van der Waals surface area contributed by atoms with Crippen molar-refractivity contribution in [3.05, 3.63) is 23.8 Å². The number of halogens is 3. The molecule has 0 bridgehead atoms. The number of carboxylic acid groups (broad SMARTS) is 1. The summed E-state index contributed by atoms with van der Waals surface area (Å²) < 4.78 is 41.7. The first kappa shape index (κ1) is 19.9. The number of amides is 2. The highest BCUT2D eigenvalue weighted by atomic mass is 19.4. The van der Waals surface area contributed by atoms with Gasteiger partial charge < -0.3 is 20.1 Å². The summed E-state index contributed by atoms with van der Waals surface area (Å²) >= 11 is 0. The highest BCUT2D eigenvalue weighted by Gasteiger charge is 2.32. The van der Waals surface area contributed by atoms with Gasteiger partial charge in [0.25, 0.3) is 0 Å². The Kier molecular flexibility index (Phi) is 5.99. The third-order valence-corrected chi connectivity index (χ3v) is 4.21. The van der Waals surface area contributed by atoms with Gasteiger partial charge in [-0.15, -0.1) is 0 Å². The fraction of sp³-hybridized carbons (Fsp3) is 0.529. The molecule has 1 aliphatic rings. The van der Waals surface area contributed by atoms with Gasteiger partial charge in [-0.3, -0.25) is 4.79 Å². The van der Waals surface area contributed by atoms with Crippen LogP contribution in [-0.2, 0) is 4.79 Å². The predicted molar refractivity (Wildman–Crippen MR) is 88.2 cm³/mol. The summed E-state index contributed by atoms with van der Waals surface area (Å²) in [7, 11) is 0. The van der Waals surface area contributed by atoms with Crippen molar-refractivity contribution in [2.24, 2.45) is 11.8 Å². The Bertz CT molecular complexity index is 678. The first-order valence-corrected chi connectivity index (χ1v) is 8.14. The van der Waals surface area contributed by atoms with Gasteiger partial charge in [0.15, 0.2) is 6.61 Å². The number of hydrogen-bond acceptors (Lipinski definition) is 3. The van der Waals surface area contributed by atoms with Crippen LogP contribution >= 0.6 is 0 Å². The monoisotopic (exact) mass is 374 g/mol. The zero-order valence-corrected chi connectivity index (χ0v) is 14.5. The van der Waals surface area contributed by atoms with Crippen molar-refractivity contribution < 1.29 is 32.6 Å². The number of hydrogen-bond donors (Lipinski definition) is 2. The van der Waals surface area contributed by atoms with Gasteiger partial charge in [0.1, 0.15) is 5.75 Å². The number of carbonyl (C=O) groups excluding carboxylic acids is 1. The molecule has 26 heavy (non-hydrogen) atoms. The first-order valence-electron chi connectivity index (χ1n) is 8.14. The highest BCUT2D eigenvalue weighted by molar-refractivity contribution is 5.91. The maximum absolute atomic E-state index is 12.5. The van der Waals surface area contributed by atoms with Crippen LogP contribution in [0.2, 0.25) is 0 Å². The number of anilines is 1. The third-order valence-electron chi connectivity index (χ3n) is 4.21. The molecule has 9 heteroatoms. The second kappa shape index (κ2) is 7.84. The van der Waals surface area contributed by atoms with Crippen LogP contribution in [0, 0.1) is 18.8 Å². The highest BCUT2D eigenvalue weighted by Crippen LogP contribution is 2.28. The van der Waals surface area contributed by atoms with Crippen LogP contribution in [-0.4, -0.2) is 47.9 Å². The van der Waals surface area contributed by atoms with E-state index in [1.807, 2.05) is 6.92 Å². The Morgan fingerprint density at radius 1 is 1.35 bits per heavy atom. The summed E-state index contributed by atoms with van der Waals surface area (Å²) in [4.78, 5) is 25.1. The standard InChI is InChI=1S/C17H21F3N2O4/c1-10-6-12(15(23)24)8-22(7-10)16(25)21-13-4-3-5-14(11(13)2)26-9-17(18,19)20/h3-5,10,12H,6-9H2,1-2H3,(H,21,25)(H,23,24). The average molecular weight is 374 g/mol. The summed E-state index contributed by atoms with van der Waals surface area (Å²) in [6.07, 6.45) is -3.96. The average Bonchev–Trinajstić information content (AvgIpc) is 2.54. The number of benzene rings is 1. The molecule has 1 heterocycles. The van der Waals surface area contributed by atoms with Crippen molar-refractivity contribution >= 4 is 17.7 Å². The lowest BCUT2D eigenvalue weighted by Gasteiger charge is -2.34. The molecule has 1 aromatic rings. The van der Waals surface area contributed by atoms with Crippen molar-refractivity contribution in [2.45, 2.75) is 26.4 Å². The number of aliphatic carboxylic acids is 1. The summed E-state index contributed by atoms with van der Waals surface area (Å²) in [5, 5.41) is 11.8. The zero-order chi connectivity index (χ0) is 19.5. The number of carboxylic acids is 1. The van der Waals surface area contributed by atoms with E-state index < -0.39 is 30.7 Å². The van der Waals surface area contributed by atoms with Crippen molar-refractivity contribution in [3.63, 3.8) is 0 Å². The molecule has 0 spiro atoms. The second-order valence-electron chi connectivity index (χ2n) is 6.54. The van der Waals surface area contributed by atoms with Crippen molar-refractivity contribution in [1.29, 1.82) is 0 Å². The van der Waals surface area contributed by atoms with Crippen LogP contribution in [0.1, 0.15) is 18.9 Å². The molecule has 1 saturated heterocycles. The van der Waals surface area contributed by atoms with E-state index in [4.69, 9.17) is 4.74 Å². The number of urea groups is 1. The molecule has 6 nitrogen and oxygen atoms in total. The SMILES string of the molecule is Cc1c(NC(=O)N2CC(C)CC(C(=O)O)C2)cccc1OCC(F)(F)F. The van der Waals surface area contributed by atoms with Gasteiger partial charge in [-0.2, -0.15) is 13.2 Å². The number of nitrogens with one attached hydrogen (secondary N) is 1. The summed E-state index contributed by atoms with van der Waals surface area (Å²) in [6, 6.07) is 3.93. The van der Waals surface area contributed by atoms with Gasteiger partial charge in [-0.1, -0.05) is 13.0 Å². The van der Waals surface area contributed by atoms with Crippen molar-refractivity contribution in [2.75, 3.05) is 25.0 Å². The minimum absolute atomic E-state index is 0.0237. The lowest BCUT2D eigenvalue weighted by Crippen LogP contribution is -2.47. The molecule has 0 aromatic heterocycles. The van der Waals surface area contributed by atoms with Crippen LogP contribution in [0.4, 0.5) is 23.7 Å². The number of nitrogens with zero attached hydrogens (tertiary/aromatic N) is 1. The lowest BCUT2D eigenvalue weighted by molar-refractivity contribution is -0.153. The number of ether oxygens (including phenoxy) is 1. The molecule has 2 atom stereocenters. The quantitative estimate of drug-likeness (QED) is 0.845. The largest absolute Gasteiger partial charge is 0.484 e. The van der Waals surface area contributed by atoms with Crippen molar-refractivity contribution in [3.8, 4) is 5.75 Å². The molecular formula is C17H21F3N2O4. The number of carbonyl (C=O) groups is 2. The normalized spacial score (nSPS) is 20.6. The van der Waals surface area contributed by atoms with E-state index in [9.17, 15) is 27.9 Å². The number of piperidine rings is 1. The van der Waals surface area contributed by atoms with E-state index >= 15 is 0 Å². The molecule has 0 saturated carbocycles. The number of rotatable bonds is 4. The van der Waals surface area contributed by atoms with Crippen LogP contribution in [0.3, 0.4) is 0 Å². The molecule has 2 amide bonds. The molecule has 2 rings (SSSR count). The second-order valence-corrected chi connectivity index (χ2v) is 6.54. The van der Waals surface area contributed by atoms with Gasteiger partial charge in [-0.25, -0.2) is 4.79 Å². The molecule has 1 fully saturated rings. The maximum Gasteiger partial charge on any atom is 0.422 e. The van der Waals surface area contributed by atoms with Gasteiger partial charge in [0, 0.05) is 24.3 Å². The van der Waals surface area contributed by atoms with Gasteiger partial charge in [-0.05, 0) is 31.4 Å². The Labute approximate surface area is 148 Å². The van der Waals surface area contributed by atoms with Gasteiger partial charge in [0.2, 0.25) is 0 Å². The number of likely N-dealkylation sites (tertiary alicyclic amines) is 1. The minimum atomic E-state index is -4.46. The van der Waals surface area contributed by atoms with E-state index in [1.54, 1.807) is 13.0 Å². The van der Waals surface area contributed by atoms with E-state index in [1.165, 1.54) is 17.0 Å². The Morgan fingerprint density at radius 3 is 2.65 bits per heavy atom. The topological polar surface area (TPSA) is 78.9 Å². The van der Waals surface area contributed by atoms with Crippen LogP contribution in [0.25, 0.3) is 0 Å². The van der Waals surface area contributed by atoms with Crippen LogP contribution in [0.5, 0.6) is 5.75 Å². The Hall–Kier alpha value is -2.45. The fourth-order valence-corrected chi connectivity index (χ4v) is 2.96. The van der Waals surface area contributed by atoms with Crippen LogP contribution in [0.15, 0.2) is 18.2 Å². The molecule has 1 aromatic carbocycles. The summed E-state index contributed by atoms with van der Waals surface area (Å²) in [5.74, 6) is -1.52. The van der Waals surface area contributed by atoms with Gasteiger partial charge in [0.05, 0.1) is 5.92 Å². The number of alkyl halides is 3. The predicted octanol–water partition coefficient (Wildman–Crippen LogP) is 3.51. The minimum Gasteiger partial charge on any atom is -0.484 e. The molecule has 0 aliphatic carbocycles. The van der Waals surface area contributed by atoms with Crippen LogP contribution < -0.4 is 10.1 Å². The van der Waals surface area contributed by atoms with Crippen molar-refractivity contribution in [1.82, 2.24) is 4.90 Å². The zero-order valence-electron chi connectivity index (χ0n) is 14.5. The molecule has 2 unspecified atom stereocenters. The van der Waals surface area contributed by atoms with E-state index in [0.29, 0.717) is 24.2 Å². The van der Waals surface area contributed by atoms with E-state index in [0.717, 1.165) is 0 Å². The smallest absolute Gasteiger partial charge is 0.422 e. The lowest BCUT2D eigenvalue weighted by atomic mass is 9.91. The Morgan fingerprint density at radius 2 is 2.04 bits per heavy atom. The maximum atomic E-state index is 12.5. The molecule has 144 valence electrons. The Balaban J connectivity index is 2.08. The fourth-order valence-electron chi connectivity index (χ4n) is 2.96. The first-order chi connectivity index (χ1) is 12.1. The molecule has 2 N–H and O–H groups in total. The van der Waals surface area contributed by atoms with E-state index in [-0.39, 0.29) is 18.2 Å². The molecular weight excluding hydrogens is 353 g/mol. The third kappa shape index (κ3) is 5.27. The summed E-state index contributed by atoms with van der Waals surface area (Å²) in [6.45, 7) is 2.50. The molecule has 0 radical (unpaired) electrons.